The summed E-state index contributed by atoms with van der Waals surface area (Å²) in [6.07, 6.45) is 0. The molecule has 0 N–H and O–H groups in total. The van der Waals surface area contributed by atoms with Crippen LogP contribution in [0, 0.1) is 0 Å². The summed E-state index contributed by atoms with van der Waals surface area (Å²) in [5, 5.41) is 6.69. The maximum atomic E-state index is 6.64. The second kappa shape index (κ2) is 10.9. The van der Waals surface area contributed by atoms with E-state index >= 15 is 0 Å². The molecule has 0 saturated heterocycles. The first-order valence-corrected chi connectivity index (χ1v) is 17.7. The van der Waals surface area contributed by atoms with Gasteiger partial charge in [-0.05, 0) is 65.7 Å². The number of benzene rings is 7. The monoisotopic (exact) mass is 671 g/mol. The maximum absolute atomic E-state index is 6.64. The van der Waals surface area contributed by atoms with E-state index in [0.29, 0.717) is 17.5 Å². The van der Waals surface area contributed by atoms with Crippen LogP contribution in [-0.4, -0.2) is 15.0 Å². The highest BCUT2D eigenvalue weighted by molar-refractivity contribution is 7.25. The van der Waals surface area contributed by atoms with Crippen molar-refractivity contribution in [3.8, 4) is 45.3 Å². The van der Waals surface area contributed by atoms with E-state index in [2.05, 4.69) is 97.1 Å². The maximum Gasteiger partial charge on any atom is 0.167 e. The van der Waals surface area contributed by atoms with Crippen LogP contribution in [0.4, 0.5) is 0 Å². The summed E-state index contributed by atoms with van der Waals surface area (Å²) in [4.78, 5) is 15.2. The second-order valence-electron chi connectivity index (χ2n) is 12.8. The van der Waals surface area contributed by atoms with E-state index in [4.69, 9.17) is 23.8 Å². The fraction of sp³-hybridized carbons (Fsp3) is 0. The van der Waals surface area contributed by atoms with Gasteiger partial charge in [-0.15, -0.1) is 11.3 Å². The Hall–Kier alpha value is -6.63. The summed E-state index contributed by atoms with van der Waals surface area (Å²) in [6, 6.07) is 52.1. The number of furan rings is 2. The second-order valence-corrected chi connectivity index (χ2v) is 13.8. The van der Waals surface area contributed by atoms with Crippen molar-refractivity contribution in [3.05, 3.63) is 152 Å². The highest BCUT2D eigenvalue weighted by Gasteiger charge is 2.20. The van der Waals surface area contributed by atoms with Crippen molar-refractivity contribution < 1.29 is 8.83 Å². The molecule has 0 unspecified atom stereocenters. The van der Waals surface area contributed by atoms with Crippen molar-refractivity contribution >= 4 is 75.4 Å². The third-order valence-electron chi connectivity index (χ3n) is 9.75. The van der Waals surface area contributed by atoms with Gasteiger partial charge < -0.3 is 8.83 Å². The molecule has 0 fully saturated rings. The first-order valence-electron chi connectivity index (χ1n) is 16.8. The summed E-state index contributed by atoms with van der Waals surface area (Å²) in [7, 11) is 0. The van der Waals surface area contributed by atoms with Gasteiger partial charge in [0.05, 0.1) is 5.56 Å². The minimum Gasteiger partial charge on any atom is -0.456 e. The quantitative estimate of drug-likeness (QED) is 0.186. The average Bonchev–Trinajstić information content (AvgIpc) is 3.88. The topological polar surface area (TPSA) is 65.0 Å². The predicted octanol–water partition coefficient (Wildman–Crippen LogP) is 12.7. The van der Waals surface area contributed by atoms with Crippen LogP contribution in [0.25, 0.3) is 109 Å². The Bertz CT molecular complexity index is 3160. The third kappa shape index (κ3) is 4.43. The van der Waals surface area contributed by atoms with E-state index < -0.39 is 0 Å². The lowest BCUT2D eigenvalue weighted by molar-refractivity contribution is 0.669. The minimum absolute atomic E-state index is 0.564. The van der Waals surface area contributed by atoms with Crippen LogP contribution in [-0.2, 0) is 0 Å². The number of rotatable bonds is 4. The first-order chi connectivity index (χ1) is 25.2. The summed E-state index contributed by atoms with van der Waals surface area (Å²) in [5.41, 5.74) is 8.20. The standard InChI is InChI=1S/C45H25N3O2S/c1-2-10-26(11-3-1)43-46-44(28-21-23-40-35(25-28)30-12-5-7-19-39(30)51-40)48-45(47-43)33-16-8-15-31-34-24-27(20-22-37(34)50-42(31)33)29-14-9-18-38-41(29)32-13-4-6-17-36(32)49-38/h1-25H. The van der Waals surface area contributed by atoms with E-state index in [1.165, 1.54) is 20.2 Å². The Morgan fingerprint density at radius 3 is 1.94 bits per heavy atom. The minimum atomic E-state index is 0.564. The highest BCUT2D eigenvalue weighted by Crippen LogP contribution is 2.41. The third-order valence-corrected chi connectivity index (χ3v) is 10.9. The molecule has 5 nitrogen and oxygen atoms in total. The van der Waals surface area contributed by atoms with Crippen LogP contribution in [0.1, 0.15) is 0 Å². The van der Waals surface area contributed by atoms with Gasteiger partial charge in [0, 0.05) is 52.8 Å². The molecule has 0 aliphatic carbocycles. The van der Waals surface area contributed by atoms with Gasteiger partial charge in [-0.3, -0.25) is 0 Å². The Kier molecular flexibility index (Phi) is 6.05. The molecular formula is C45H25N3O2S. The number of nitrogens with zero attached hydrogens (tertiary/aromatic N) is 3. The van der Waals surface area contributed by atoms with E-state index in [1.54, 1.807) is 11.3 Å². The summed E-state index contributed by atoms with van der Waals surface area (Å²) in [5.74, 6) is 1.79. The Morgan fingerprint density at radius 1 is 0.373 bits per heavy atom. The van der Waals surface area contributed by atoms with Crippen LogP contribution in [0.2, 0.25) is 0 Å². The fourth-order valence-electron chi connectivity index (χ4n) is 7.36. The molecule has 51 heavy (non-hydrogen) atoms. The highest BCUT2D eigenvalue weighted by atomic mass is 32.1. The molecule has 6 heteroatoms. The number of hydrogen-bond acceptors (Lipinski definition) is 6. The van der Waals surface area contributed by atoms with Crippen LogP contribution in [0.3, 0.4) is 0 Å². The zero-order valence-electron chi connectivity index (χ0n) is 27.0. The van der Waals surface area contributed by atoms with Crippen LogP contribution >= 0.6 is 11.3 Å². The van der Waals surface area contributed by atoms with Crippen molar-refractivity contribution in [1.29, 1.82) is 0 Å². The molecule has 0 bridgehead atoms. The molecule has 11 aromatic rings. The van der Waals surface area contributed by atoms with Crippen molar-refractivity contribution in [3.63, 3.8) is 0 Å². The number of thiophene rings is 1. The van der Waals surface area contributed by atoms with E-state index in [0.717, 1.165) is 71.7 Å². The molecular weight excluding hydrogens is 647 g/mol. The zero-order chi connectivity index (χ0) is 33.5. The number of fused-ring (bicyclic) bond motifs is 9. The number of para-hydroxylation sites is 2. The number of aromatic nitrogens is 3. The van der Waals surface area contributed by atoms with E-state index in [-0.39, 0.29) is 0 Å². The molecule has 238 valence electrons. The van der Waals surface area contributed by atoms with E-state index in [9.17, 15) is 0 Å². The van der Waals surface area contributed by atoms with Crippen molar-refractivity contribution in [2.75, 3.05) is 0 Å². The van der Waals surface area contributed by atoms with Crippen LogP contribution in [0.5, 0.6) is 0 Å². The fourth-order valence-corrected chi connectivity index (χ4v) is 8.45. The molecule has 0 amide bonds. The molecule has 7 aromatic carbocycles. The molecule has 11 rings (SSSR count). The van der Waals surface area contributed by atoms with Gasteiger partial charge in [-0.1, -0.05) is 97.1 Å². The van der Waals surface area contributed by atoms with E-state index in [1.807, 2.05) is 54.6 Å². The largest absolute Gasteiger partial charge is 0.456 e. The van der Waals surface area contributed by atoms with Gasteiger partial charge in [0.2, 0.25) is 0 Å². The molecule has 0 spiro atoms. The zero-order valence-corrected chi connectivity index (χ0v) is 27.8. The summed E-state index contributed by atoms with van der Waals surface area (Å²) < 4.78 is 15.3. The molecule has 4 heterocycles. The summed E-state index contributed by atoms with van der Waals surface area (Å²) in [6.45, 7) is 0. The Labute approximate surface area is 295 Å². The van der Waals surface area contributed by atoms with Crippen LogP contribution < -0.4 is 0 Å². The lowest BCUT2D eigenvalue weighted by atomic mass is 9.97. The van der Waals surface area contributed by atoms with Crippen LogP contribution in [0.15, 0.2) is 160 Å². The number of hydrogen-bond donors (Lipinski definition) is 0. The van der Waals surface area contributed by atoms with Gasteiger partial charge in [-0.25, -0.2) is 15.0 Å². The molecule has 0 aliphatic rings. The Balaban J connectivity index is 1.10. The lowest BCUT2D eigenvalue weighted by Crippen LogP contribution is -2.00. The molecule has 0 radical (unpaired) electrons. The lowest BCUT2D eigenvalue weighted by Gasteiger charge is -2.09. The first kappa shape index (κ1) is 28.2. The SMILES string of the molecule is c1ccc(-c2nc(-c3ccc4sc5ccccc5c4c3)nc(-c3cccc4c3oc3ccc(-c5cccc6oc7ccccc7c56)cc34)n2)cc1. The smallest absolute Gasteiger partial charge is 0.167 e. The van der Waals surface area contributed by atoms with Gasteiger partial charge in [0.25, 0.3) is 0 Å². The molecule has 4 aromatic heterocycles. The van der Waals surface area contributed by atoms with Crippen molar-refractivity contribution in [2.24, 2.45) is 0 Å². The van der Waals surface area contributed by atoms with Gasteiger partial charge in [-0.2, -0.15) is 0 Å². The van der Waals surface area contributed by atoms with Crippen molar-refractivity contribution in [1.82, 2.24) is 15.0 Å². The molecule has 0 aliphatic heterocycles. The van der Waals surface area contributed by atoms with Gasteiger partial charge >= 0.3 is 0 Å². The molecule has 0 atom stereocenters. The predicted molar refractivity (Wildman–Crippen MR) is 209 cm³/mol. The summed E-state index contributed by atoms with van der Waals surface area (Å²) >= 11 is 1.80. The average molecular weight is 672 g/mol. The van der Waals surface area contributed by atoms with Gasteiger partial charge in [0.15, 0.2) is 17.5 Å². The Morgan fingerprint density at radius 2 is 1.02 bits per heavy atom. The molecule has 0 saturated carbocycles. The van der Waals surface area contributed by atoms with Crippen molar-refractivity contribution in [2.45, 2.75) is 0 Å². The van der Waals surface area contributed by atoms with Gasteiger partial charge in [0.1, 0.15) is 22.3 Å². The normalized spacial score (nSPS) is 11.9.